The van der Waals surface area contributed by atoms with Gasteiger partial charge in [0.2, 0.25) is 11.8 Å². The zero-order valence-electron chi connectivity index (χ0n) is 39.0. The highest BCUT2D eigenvalue weighted by Gasteiger charge is 2.71. The lowest BCUT2D eigenvalue weighted by atomic mass is 9.94. The van der Waals surface area contributed by atoms with Crippen LogP contribution in [0.15, 0.2) is 30.3 Å². The fraction of sp³-hybridized carbons (Fsp3) is 0.702. The molecule has 1 aromatic rings. The topological polar surface area (TPSA) is 209 Å². The van der Waals surface area contributed by atoms with Crippen molar-refractivity contribution >= 4 is 47.6 Å². The summed E-state index contributed by atoms with van der Waals surface area (Å²) in [4.78, 5) is 103. The van der Waals surface area contributed by atoms with Crippen molar-refractivity contribution in [2.45, 2.75) is 138 Å². The average Bonchev–Trinajstić information content (AvgIpc) is 3.65. The number of benzene rings is 1. The van der Waals surface area contributed by atoms with Gasteiger partial charge in [0.1, 0.15) is 29.9 Å². The summed E-state index contributed by atoms with van der Waals surface area (Å²) >= 11 is 0. The zero-order valence-corrected chi connectivity index (χ0v) is 39.0. The number of nitrogens with zero attached hydrogens (tertiary/aromatic N) is 2. The van der Waals surface area contributed by atoms with E-state index in [1.807, 2.05) is 30.3 Å². The summed E-state index contributed by atoms with van der Waals surface area (Å²) in [6.45, 7) is 19.7. The molecule has 2 saturated heterocycles. The second-order valence-corrected chi connectivity index (χ2v) is 20.4. The standard InChI is InChI=1S/C27H37NO7.C20H31NO7/c1-26(2,3)35-21(30)14-18(12-13-20(29)34-16-17-10-8-7-9-11-17)24(31)28-15-19-22(27(19,4)5)23(28)25(32)33-6;1-19(2,3)28-14(24)9-11(7-8-13(22)23)17(25)21-10-12-15(20(12,4)5)16(21)18(26)27-6/h7-11,18-19,22-23H,12-16H2,1-6H3;11-12,15-16H,7-10H2,1-6H3,(H,22,23)/t18-,19?,22+,23+;11-,12?,15+,16+/m11/s1. The molecule has 5 rings (SSSR count). The Kier molecular flexibility index (Phi) is 15.9. The first-order valence-electron chi connectivity index (χ1n) is 21.8. The number of fused-ring (bicyclic) bond motifs is 2. The van der Waals surface area contributed by atoms with E-state index in [1.54, 1.807) is 41.5 Å². The number of likely N-dealkylation sites (tertiary alicyclic amines) is 2. The maximum atomic E-state index is 13.6. The first kappa shape index (κ1) is 50.6. The summed E-state index contributed by atoms with van der Waals surface area (Å²) in [5.41, 5.74) is -0.630. The third-order valence-electron chi connectivity index (χ3n) is 12.9. The molecule has 0 bridgehead atoms. The van der Waals surface area contributed by atoms with Crippen molar-refractivity contribution in [3.05, 3.63) is 35.9 Å². The van der Waals surface area contributed by atoms with Crippen LogP contribution >= 0.6 is 0 Å². The van der Waals surface area contributed by atoms with Gasteiger partial charge in [0.05, 0.1) is 27.1 Å². The molecule has 1 aromatic carbocycles. The lowest BCUT2D eigenvalue weighted by molar-refractivity contribution is -0.161. The number of carbonyl (C=O) groups is 8. The fourth-order valence-corrected chi connectivity index (χ4v) is 9.47. The third-order valence-corrected chi connectivity index (χ3v) is 12.9. The van der Waals surface area contributed by atoms with Crippen molar-refractivity contribution in [3.63, 3.8) is 0 Å². The van der Waals surface area contributed by atoms with Crippen molar-refractivity contribution in [2.75, 3.05) is 27.3 Å². The van der Waals surface area contributed by atoms with Crippen molar-refractivity contribution in [1.29, 1.82) is 0 Å². The molecule has 4 fully saturated rings. The van der Waals surface area contributed by atoms with Gasteiger partial charge in [-0.1, -0.05) is 58.0 Å². The smallest absolute Gasteiger partial charge is 0.328 e. The lowest BCUT2D eigenvalue weighted by Gasteiger charge is -2.32. The monoisotopic (exact) mass is 884 g/mol. The molecule has 2 aliphatic carbocycles. The number of ether oxygens (including phenoxy) is 5. The van der Waals surface area contributed by atoms with Gasteiger partial charge >= 0.3 is 35.8 Å². The maximum absolute atomic E-state index is 13.6. The van der Waals surface area contributed by atoms with Gasteiger partial charge in [-0.25, -0.2) is 9.59 Å². The number of amides is 2. The van der Waals surface area contributed by atoms with Crippen LogP contribution in [0.1, 0.15) is 113 Å². The number of aliphatic carboxylic acids is 1. The zero-order chi connectivity index (χ0) is 47.4. The SMILES string of the molecule is COC(=O)[C@@H]1[C@@H]2C(CN1C(=O)[C@H](CCC(=O)O)CC(=O)OC(C)(C)C)C2(C)C.COC(=O)[C@@H]1[C@@H]2C(CN1C(=O)[C@H](CCC(=O)OCc1ccccc1)CC(=O)OC(C)(C)C)C2(C)C. The lowest BCUT2D eigenvalue weighted by Crippen LogP contribution is -2.48. The second kappa shape index (κ2) is 19.8. The fourth-order valence-electron chi connectivity index (χ4n) is 9.47. The van der Waals surface area contributed by atoms with Crippen LogP contribution < -0.4 is 0 Å². The Balaban J connectivity index is 0.000000284. The molecule has 16 heteroatoms. The summed E-state index contributed by atoms with van der Waals surface area (Å²) < 4.78 is 26.0. The van der Waals surface area contributed by atoms with E-state index in [4.69, 9.17) is 28.8 Å². The van der Waals surface area contributed by atoms with E-state index in [0.29, 0.717) is 13.1 Å². The summed E-state index contributed by atoms with van der Waals surface area (Å²) in [6.07, 6.45) is -0.529. The first-order valence-corrected chi connectivity index (χ1v) is 21.8. The van der Waals surface area contributed by atoms with Crippen LogP contribution in [0.25, 0.3) is 0 Å². The normalized spacial score (nSPS) is 24.5. The largest absolute Gasteiger partial charge is 0.481 e. The van der Waals surface area contributed by atoms with Gasteiger partial charge in [0.15, 0.2) is 0 Å². The minimum absolute atomic E-state index is 0.0104. The molecule has 2 saturated carbocycles. The third kappa shape index (κ3) is 12.8. The molecule has 0 aromatic heterocycles. The Hall–Kier alpha value is -5.02. The van der Waals surface area contributed by atoms with Crippen LogP contribution in [-0.2, 0) is 68.6 Å². The minimum Gasteiger partial charge on any atom is -0.481 e. The highest BCUT2D eigenvalue weighted by molar-refractivity contribution is 5.91. The van der Waals surface area contributed by atoms with E-state index in [0.717, 1.165) is 5.56 Å². The van der Waals surface area contributed by atoms with Gasteiger partial charge in [0, 0.05) is 49.6 Å². The maximum Gasteiger partial charge on any atom is 0.328 e. The van der Waals surface area contributed by atoms with Gasteiger partial charge in [-0.05, 0) is 82.6 Å². The van der Waals surface area contributed by atoms with Crippen LogP contribution in [0, 0.1) is 46.3 Å². The Labute approximate surface area is 371 Å². The highest BCUT2D eigenvalue weighted by atomic mass is 16.6. The molecular weight excluding hydrogens is 817 g/mol. The summed E-state index contributed by atoms with van der Waals surface area (Å²) in [7, 11) is 2.60. The molecule has 350 valence electrons. The molecule has 4 aliphatic rings. The number of carbonyl (C=O) groups excluding carboxylic acids is 7. The minimum atomic E-state index is -1.04. The molecule has 2 aliphatic heterocycles. The second-order valence-electron chi connectivity index (χ2n) is 20.4. The van der Waals surface area contributed by atoms with E-state index >= 15 is 0 Å². The van der Waals surface area contributed by atoms with E-state index in [-0.39, 0.29) is 91.4 Å². The van der Waals surface area contributed by atoms with Crippen LogP contribution in [0.2, 0.25) is 0 Å². The Morgan fingerprint density at radius 2 is 1.05 bits per heavy atom. The Morgan fingerprint density at radius 3 is 1.41 bits per heavy atom. The molecule has 1 N–H and O–H groups in total. The molecule has 0 spiro atoms. The van der Waals surface area contributed by atoms with Crippen molar-refractivity contribution in [1.82, 2.24) is 9.80 Å². The molecule has 63 heavy (non-hydrogen) atoms. The average molecular weight is 885 g/mol. The van der Waals surface area contributed by atoms with Gasteiger partial charge in [0.25, 0.3) is 0 Å². The first-order chi connectivity index (χ1) is 29.1. The summed E-state index contributed by atoms with van der Waals surface area (Å²) in [5.74, 6) is -5.42. The van der Waals surface area contributed by atoms with Crippen LogP contribution in [0.4, 0.5) is 0 Å². The molecule has 16 nitrogen and oxygen atoms in total. The summed E-state index contributed by atoms with van der Waals surface area (Å²) in [6, 6.07) is 7.94. The van der Waals surface area contributed by atoms with Gasteiger partial charge in [-0.15, -0.1) is 0 Å². The van der Waals surface area contributed by atoms with E-state index in [9.17, 15) is 38.4 Å². The number of methoxy groups -OCH3 is 2. The number of carboxylic acids is 1. The Bertz CT molecular complexity index is 1880. The number of carboxylic acid groups (broad SMARTS) is 1. The molecule has 0 radical (unpaired) electrons. The molecule has 2 heterocycles. The number of rotatable bonds is 16. The molecular formula is C47H68N2O14. The molecule has 2 unspecified atom stereocenters. The van der Waals surface area contributed by atoms with Gasteiger partial charge in [-0.3, -0.25) is 28.8 Å². The van der Waals surface area contributed by atoms with Crippen LogP contribution in [0.3, 0.4) is 0 Å². The van der Waals surface area contributed by atoms with Crippen LogP contribution in [0.5, 0.6) is 0 Å². The van der Waals surface area contributed by atoms with Crippen molar-refractivity contribution < 1.29 is 67.1 Å². The van der Waals surface area contributed by atoms with E-state index in [2.05, 4.69) is 27.7 Å². The van der Waals surface area contributed by atoms with Crippen molar-refractivity contribution in [3.8, 4) is 0 Å². The van der Waals surface area contributed by atoms with E-state index in [1.165, 1.54) is 24.0 Å². The number of hydrogen-bond acceptors (Lipinski definition) is 13. The summed E-state index contributed by atoms with van der Waals surface area (Å²) in [5, 5.41) is 9.01. The number of hydrogen-bond donors (Lipinski definition) is 1. The van der Waals surface area contributed by atoms with Gasteiger partial charge < -0.3 is 38.6 Å². The Morgan fingerprint density at radius 1 is 0.651 bits per heavy atom. The van der Waals surface area contributed by atoms with Gasteiger partial charge in [-0.2, -0.15) is 0 Å². The predicted molar refractivity (Wildman–Crippen MR) is 227 cm³/mol. The quantitative estimate of drug-likeness (QED) is 0.164. The van der Waals surface area contributed by atoms with Crippen molar-refractivity contribution in [2.24, 2.45) is 46.3 Å². The number of piperidine rings is 2. The predicted octanol–water partition coefficient (Wildman–Crippen LogP) is 5.37. The van der Waals surface area contributed by atoms with Crippen LogP contribution in [-0.4, -0.2) is 113 Å². The molecule has 8 atom stereocenters. The number of esters is 5. The molecule has 2 amide bonds. The van der Waals surface area contributed by atoms with E-state index < -0.39 is 70.9 Å². The highest BCUT2D eigenvalue weighted by Crippen LogP contribution is 2.66.